The van der Waals surface area contributed by atoms with Gasteiger partial charge in [0.1, 0.15) is 0 Å². The van der Waals surface area contributed by atoms with E-state index in [0.29, 0.717) is 0 Å². The molecular formula is C16H33N3O2. The summed E-state index contributed by atoms with van der Waals surface area (Å²) in [5.41, 5.74) is 0. The summed E-state index contributed by atoms with van der Waals surface area (Å²) in [6.07, 6.45) is 2.28. The normalized spacial score (nSPS) is 26.6. The quantitative estimate of drug-likeness (QED) is 0.700. The largest absolute Gasteiger partial charge is 0.390 e. The summed E-state index contributed by atoms with van der Waals surface area (Å²) in [5.74, 6) is 0.775. The maximum absolute atomic E-state index is 10.3. The Labute approximate surface area is 129 Å². The van der Waals surface area contributed by atoms with Crippen molar-refractivity contribution in [1.82, 2.24) is 14.7 Å². The maximum Gasteiger partial charge on any atom is 0.0793 e. The van der Waals surface area contributed by atoms with E-state index in [0.717, 1.165) is 58.4 Å². The van der Waals surface area contributed by atoms with E-state index >= 15 is 0 Å². The van der Waals surface area contributed by atoms with Crippen molar-refractivity contribution < 1.29 is 9.84 Å². The molecule has 0 aliphatic carbocycles. The molecule has 124 valence electrons. The lowest BCUT2D eigenvalue weighted by molar-refractivity contribution is 0.00826. The second kappa shape index (κ2) is 9.06. The third kappa shape index (κ3) is 6.20. The number of rotatable bonds is 8. The van der Waals surface area contributed by atoms with Gasteiger partial charge in [0.05, 0.1) is 19.3 Å². The van der Waals surface area contributed by atoms with Crippen molar-refractivity contribution in [3.8, 4) is 0 Å². The molecular weight excluding hydrogens is 266 g/mol. The lowest BCUT2D eigenvalue weighted by Crippen LogP contribution is -2.44. The molecule has 0 bridgehead atoms. The van der Waals surface area contributed by atoms with Crippen LogP contribution in [-0.2, 0) is 4.74 Å². The number of morpholine rings is 1. The number of ether oxygens (including phenoxy) is 1. The van der Waals surface area contributed by atoms with Gasteiger partial charge < -0.3 is 19.6 Å². The van der Waals surface area contributed by atoms with Gasteiger partial charge in [0.15, 0.2) is 0 Å². The molecule has 2 saturated heterocycles. The molecule has 0 saturated carbocycles. The SMILES string of the molecule is CCCN(C)CC1CCN(CC(O)CN2CCOCC2)C1. The first kappa shape index (κ1) is 17.2. The van der Waals surface area contributed by atoms with Crippen LogP contribution in [0, 0.1) is 5.92 Å². The summed E-state index contributed by atoms with van der Waals surface area (Å²) in [6, 6.07) is 0. The fourth-order valence-corrected chi connectivity index (χ4v) is 3.58. The van der Waals surface area contributed by atoms with Gasteiger partial charge in [-0.1, -0.05) is 6.92 Å². The molecule has 5 heteroatoms. The molecule has 2 aliphatic rings. The first-order valence-electron chi connectivity index (χ1n) is 8.56. The molecule has 0 aromatic rings. The summed E-state index contributed by atoms with van der Waals surface area (Å²) in [6.45, 7) is 12.1. The van der Waals surface area contributed by atoms with Crippen LogP contribution in [0.1, 0.15) is 19.8 Å². The predicted octanol–water partition coefficient (Wildman–Crippen LogP) is 0.343. The van der Waals surface area contributed by atoms with Crippen LogP contribution in [0.4, 0.5) is 0 Å². The summed E-state index contributed by atoms with van der Waals surface area (Å²) in [7, 11) is 2.22. The average molecular weight is 299 g/mol. The van der Waals surface area contributed by atoms with E-state index in [-0.39, 0.29) is 6.10 Å². The van der Waals surface area contributed by atoms with Crippen molar-refractivity contribution in [3.63, 3.8) is 0 Å². The minimum atomic E-state index is -0.227. The number of aliphatic hydroxyl groups excluding tert-OH is 1. The minimum absolute atomic E-state index is 0.227. The van der Waals surface area contributed by atoms with Crippen molar-refractivity contribution in [2.75, 3.05) is 72.6 Å². The Hall–Kier alpha value is -0.200. The topological polar surface area (TPSA) is 39.2 Å². The Morgan fingerprint density at radius 2 is 1.90 bits per heavy atom. The average Bonchev–Trinajstić information content (AvgIpc) is 2.87. The highest BCUT2D eigenvalue weighted by Crippen LogP contribution is 2.17. The number of aliphatic hydroxyl groups is 1. The van der Waals surface area contributed by atoms with Crippen molar-refractivity contribution in [2.24, 2.45) is 5.92 Å². The number of hydrogen-bond donors (Lipinski definition) is 1. The van der Waals surface area contributed by atoms with E-state index in [2.05, 4.69) is 28.7 Å². The molecule has 0 spiro atoms. The molecule has 2 atom stereocenters. The highest BCUT2D eigenvalue weighted by atomic mass is 16.5. The number of hydrogen-bond acceptors (Lipinski definition) is 5. The van der Waals surface area contributed by atoms with Crippen LogP contribution in [0.5, 0.6) is 0 Å². The molecule has 0 amide bonds. The van der Waals surface area contributed by atoms with Gasteiger partial charge >= 0.3 is 0 Å². The van der Waals surface area contributed by atoms with Crippen molar-refractivity contribution in [1.29, 1.82) is 0 Å². The van der Waals surface area contributed by atoms with Crippen LogP contribution in [-0.4, -0.2) is 98.5 Å². The van der Waals surface area contributed by atoms with Crippen LogP contribution in [0.25, 0.3) is 0 Å². The third-order valence-corrected chi connectivity index (χ3v) is 4.59. The first-order valence-corrected chi connectivity index (χ1v) is 8.56. The molecule has 5 nitrogen and oxygen atoms in total. The highest BCUT2D eigenvalue weighted by molar-refractivity contribution is 4.80. The fourth-order valence-electron chi connectivity index (χ4n) is 3.58. The third-order valence-electron chi connectivity index (χ3n) is 4.59. The fraction of sp³-hybridized carbons (Fsp3) is 1.00. The molecule has 0 aromatic carbocycles. The molecule has 21 heavy (non-hydrogen) atoms. The number of β-amino-alcohol motifs (C(OH)–C–C–N with tert-alkyl or cyclic N) is 1. The zero-order chi connectivity index (χ0) is 15.1. The Morgan fingerprint density at radius 3 is 2.62 bits per heavy atom. The number of likely N-dealkylation sites (tertiary alicyclic amines) is 1. The molecule has 2 aliphatic heterocycles. The van der Waals surface area contributed by atoms with E-state index in [4.69, 9.17) is 4.74 Å². The van der Waals surface area contributed by atoms with Gasteiger partial charge in [0.2, 0.25) is 0 Å². The second-order valence-corrected chi connectivity index (χ2v) is 6.74. The molecule has 2 fully saturated rings. The Bertz CT molecular complexity index is 285. The summed E-state index contributed by atoms with van der Waals surface area (Å²) in [4.78, 5) is 7.20. The van der Waals surface area contributed by atoms with Gasteiger partial charge in [-0.15, -0.1) is 0 Å². The van der Waals surface area contributed by atoms with E-state index in [9.17, 15) is 5.11 Å². The monoisotopic (exact) mass is 299 g/mol. The van der Waals surface area contributed by atoms with Crippen molar-refractivity contribution in [3.05, 3.63) is 0 Å². The van der Waals surface area contributed by atoms with Gasteiger partial charge in [-0.25, -0.2) is 0 Å². The predicted molar refractivity (Wildman–Crippen MR) is 85.6 cm³/mol. The Morgan fingerprint density at radius 1 is 1.19 bits per heavy atom. The molecule has 0 radical (unpaired) electrons. The Kier molecular flexibility index (Phi) is 7.40. The highest BCUT2D eigenvalue weighted by Gasteiger charge is 2.25. The zero-order valence-electron chi connectivity index (χ0n) is 13.8. The van der Waals surface area contributed by atoms with Crippen molar-refractivity contribution >= 4 is 0 Å². The second-order valence-electron chi connectivity index (χ2n) is 6.74. The lowest BCUT2D eigenvalue weighted by atomic mass is 10.1. The van der Waals surface area contributed by atoms with Gasteiger partial charge in [0.25, 0.3) is 0 Å². The van der Waals surface area contributed by atoms with Crippen LogP contribution < -0.4 is 0 Å². The number of nitrogens with zero attached hydrogens (tertiary/aromatic N) is 3. The van der Waals surface area contributed by atoms with E-state index in [1.54, 1.807) is 0 Å². The standard InChI is InChI=1S/C16H33N3O2/c1-3-5-17(2)11-15-4-6-19(12-15)14-16(20)13-18-7-9-21-10-8-18/h15-16,20H,3-14H2,1-2H3. The maximum atomic E-state index is 10.3. The van der Waals surface area contributed by atoms with Gasteiger partial charge in [-0.05, 0) is 38.9 Å². The van der Waals surface area contributed by atoms with Crippen LogP contribution in [0.2, 0.25) is 0 Å². The molecule has 0 aromatic heterocycles. The summed E-state index contributed by atoms with van der Waals surface area (Å²) >= 11 is 0. The molecule has 1 N–H and O–H groups in total. The molecule has 2 rings (SSSR count). The minimum Gasteiger partial charge on any atom is -0.390 e. The van der Waals surface area contributed by atoms with Gasteiger partial charge in [0, 0.05) is 39.3 Å². The molecule has 2 heterocycles. The van der Waals surface area contributed by atoms with Crippen LogP contribution >= 0.6 is 0 Å². The van der Waals surface area contributed by atoms with Gasteiger partial charge in [-0.3, -0.25) is 4.90 Å². The summed E-state index contributed by atoms with van der Waals surface area (Å²) < 4.78 is 5.35. The van der Waals surface area contributed by atoms with Crippen molar-refractivity contribution in [2.45, 2.75) is 25.9 Å². The Balaban J connectivity index is 1.62. The van der Waals surface area contributed by atoms with Crippen LogP contribution in [0.3, 0.4) is 0 Å². The van der Waals surface area contributed by atoms with E-state index in [1.165, 1.54) is 25.9 Å². The van der Waals surface area contributed by atoms with E-state index in [1.807, 2.05) is 0 Å². The smallest absolute Gasteiger partial charge is 0.0793 e. The first-order chi connectivity index (χ1) is 10.2. The molecule has 2 unspecified atom stereocenters. The summed E-state index contributed by atoms with van der Waals surface area (Å²) in [5, 5.41) is 10.3. The lowest BCUT2D eigenvalue weighted by Gasteiger charge is -2.30. The van der Waals surface area contributed by atoms with Crippen LogP contribution in [0.15, 0.2) is 0 Å². The van der Waals surface area contributed by atoms with Gasteiger partial charge in [-0.2, -0.15) is 0 Å². The van der Waals surface area contributed by atoms with E-state index < -0.39 is 0 Å². The zero-order valence-corrected chi connectivity index (χ0v) is 13.8.